The number of nitrogens with zero attached hydrogens (tertiary/aromatic N) is 1. The standard InChI is InChI=1S/C24H23F4N3O4S/c1-3-16-12-15(13-19(25)22(16)31-36(2,33)34)14-29-21(32)11-9-17-8-10-20(24(26,27)28)30-23(17)35-18-6-4-5-7-18/h1,8-13,18,31H,4-7,14H2,2H3,(H,29,32)/b11-9+. The van der Waals surface area contributed by atoms with Crippen LogP contribution in [-0.2, 0) is 27.5 Å². The molecule has 1 heterocycles. The summed E-state index contributed by atoms with van der Waals surface area (Å²) >= 11 is 0. The van der Waals surface area contributed by atoms with E-state index in [0.29, 0.717) is 12.8 Å². The molecule has 2 aromatic rings. The number of halogens is 4. The van der Waals surface area contributed by atoms with Gasteiger partial charge in [-0.2, -0.15) is 13.2 Å². The summed E-state index contributed by atoms with van der Waals surface area (Å²) < 4.78 is 84.2. The molecule has 3 rings (SSSR count). The lowest BCUT2D eigenvalue weighted by Gasteiger charge is -2.16. The Hall–Kier alpha value is -3.59. The second-order valence-corrected chi connectivity index (χ2v) is 9.93. The fraction of sp³-hybridized carbons (Fsp3) is 0.333. The number of sulfonamides is 1. The summed E-state index contributed by atoms with van der Waals surface area (Å²) in [7, 11) is -3.77. The first-order valence-electron chi connectivity index (χ1n) is 10.8. The Kier molecular flexibility index (Phi) is 8.24. The summed E-state index contributed by atoms with van der Waals surface area (Å²) in [5, 5.41) is 2.50. The number of ether oxygens (including phenoxy) is 1. The quantitative estimate of drug-likeness (QED) is 0.305. The van der Waals surface area contributed by atoms with E-state index in [9.17, 15) is 30.8 Å². The Morgan fingerprint density at radius 2 is 1.97 bits per heavy atom. The number of amides is 1. The number of hydrogen-bond acceptors (Lipinski definition) is 5. The Morgan fingerprint density at radius 3 is 2.58 bits per heavy atom. The molecular formula is C24H23F4N3O4S. The number of carbonyl (C=O) groups is 1. The molecule has 0 unspecified atom stereocenters. The van der Waals surface area contributed by atoms with Crippen LogP contribution in [0.1, 0.15) is 48.1 Å². The van der Waals surface area contributed by atoms with E-state index in [-0.39, 0.29) is 40.9 Å². The summed E-state index contributed by atoms with van der Waals surface area (Å²) in [6.45, 7) is -0.148. The number of carbonyl (C=O) groups excluding carboxylic acids is 1. The van der Waals surface area contributed by atoms with Gasteiger partial charge in [-0.15, -0.1) is 6.42 Å². The highest BCUT2D eigenvalue weighted by atomic mass is 32.2. The van der Waals surface area contributed by atoms with Gasteiger partial charge in [-0.05, 0) is 61.6 Å². The van der Waals surface area contributed by atoms with Crippen molar-refractivity contribution in [1.29, 1.82) is 0 Å². The number of alkyl halides is 3. The number of terminal acetylenes is 1. The van der Waals surface area contributed by atoms with Crippen LogP contribution in [0.2, 0.25) is 0 Å². The van der Waals surface area contributed by atoms with Crippen molar-refractivity contribution in [3.63, 3.8) is 0 Å². The first-order chi connectivity index (χ1) is 16.9. The van der Waals surface area contributed by atoms with Crippen molar-refractivity contribution < 1.29 is 35.5 Å². The molecule has 7 nitrogen and oxygen atoms in total. The number of rotatable bonds is 8. The second kappa shape index (κ2) is 11.0. The van der Waals surface area contributed by atoms with Crippen LogP contribution >= 0.6 is 0 Å². The predicted molar refractivity (Wildman–Crippen MR) is 126 cm³/mol. The minimum atomic E-state index is -4.65. The van der Waals surface area contributed by atoms with Gasteiger partial charge in [-0.3, -0.25) is 9.52 Å². The van der Waals surface area contributed by atoms with E-state index in [1.165, 1.54) is 18.2 Å². The molecule has 0 saturated heterocycles. The normalized spacial score (nSPS) is 14.6. The van der Waals surface area contributed by atoms with Crippen molar-refractivity contribution in [1.82, 2.24) is 10.3 Å². The molecule has 2 N–H and O–H groups in total. The Bertz CT molecular complexity index is 1310. The number of hydrogen-bond donors (Lipinski definition) is 2. The van der Waals surface area contributed by atoms with E-state index < -0.39 is 33.6 Å². The smallest absolute Gasteiger partial charge is 0.433 e. The van der Waals surface area contributed by atoms with Crippen LogP contribution in [0.3, 0.4) is 0 Å². The topological polar surface area (TPSA) is 97.4 Å². The molecule has 192 valence electrons. The van der Waals surface area contributed by atoms with Crippen molar-refractivity contribution in [3.8, 4) is 18.2 Å². The van der Waals surface area contributed by atoms with E-state index in [1.807, 2.05) is 4.72 Å². The van der Waals surface area contributed by atoms with Crippen LogP contribution in [0.15, 0.2) is 30.3 Å². The molecule has 12 heteroatoms. The molecule has 1 amide bonds. The van der Waals surface area contributed by atoms with Gasteiger partial charge in [0.05, 0.1) is 17.5 Å². The van der Waals surface area contributed by atoms with Gasteiger partial charge in [0, 0.05) is 18.2 Å². The third-order valence-corrected chi connectivity index (χ3v) is 5.81. The number of benzene rings is 1. The van der Waals surface area contributed by atoms with Crippen LogP contribution in [-0.4, -0.2) is 31.7 Å². The van der Waals surface area contributed by atoms with Crippen molar-refractivity contribution >= 4 is 27.7 Å². The Balaban J connectivity index is 1.73. The Morgan fingerprint density at radius 1 is 1.28 bits per heavy atom. The summed E-state index contributed by atoms with van der Waals surface area (Å²) in [6, 6.07) is 4.33. The summed E-state index contributed by atoms with van der Waals surface area (Å²) in [6.07, 6.45) is 6.89. The van der Waals surface area contributed by atoms with Gasteiger partial charge in [0.25, 0.3) is 0 Å². The number of aromatic nitrogens is 1. The van der Waals surface area contributed by atoms with Crippen LogP contribution in [0.5, 0.6) is 5.88 Å². The monoisotopic (exact) mass is 525 g/mol. The fourth-order valence-corrected chi connectivity index (χ4v) is 4.15. The van der Waals surface area contributed by atoms with Gasteiger partial charge in [0.1, 0.15) is 17.6 Å². The average Bonchev–Trinajstić information content (AvgIpc) is 3.30. The molecule has 0 bridgehead atoms. The third-order valence-electron chi connectivity index (χ3n) is 5.23. The van der Waals surface area contributed by atoms with Crippen LogP contribution in [0.4, 0.5) is 23.2 Å². The molecule has 1 aliphatic rings. The zero-order valence-electron chi connectivity index (χ0n) is 19.2. The van der Waals surface area contributed by atoms with Crippen LogP contribution < -0.4 is 14.8 Å². The maximum Gasteiger partial charge on any atom is 0.433 e. The lowest BCUT2D eigenvalue weighted by atomic mass is 10.1. The summed E-state index contributed by atoms with van der Waals surface area (Å²) in [4.78, 5) is 15.9. The van der Waals surface area contributed by atoms with E-state index >= 15 is 0 Å². The molecular weight excluding hydrogens is 502 g/mol. The molecule has 0 aliphatic heterocycles. The summed E-state index contributed by atoms with van der Waals surface area (Å²) in [5.74, 6) is 0.438. The molecule has 0 atom stereocenters. The van der Waals surface area contributed by atoms with Crippen molar-refractivity contribution in [2.45, 2.75) is 44.5 Å². The SMILES string of the molecule is C#Cc1cc(CNC(=O)/C=C/c2ccc(C(F)(F)F)nc2OC2CCCC2)cc(F)c1NS(C)(=O)=O. The molecule has 1 aliphatic carbocycles. The molecule has 0 radical (unpaired) electrons. The highest BCUT2D eigenvalue weighted by Gasteiger charge is 2.33. The molecule has 1 aromatic heterocycles. The Labute approximate surface area is 206 Å². The van der Waals surface area contributed by atoms with Gasteiger partial charge >= 0.3 is 6.18 Å². The molecule has 1 aromatic carbocycles. The maximum absolute atomic E-state index is 14.4. The van der Waals surface area contributed by atoms with Crippen LogP contribution in [0, 0.1) is 18.2 Å². The van der Waals surface area contributed by atoms with Crippen molar-refractivity contribution in [2.75, 3.05) is 11.0 Å². The van der Waals surface area contributed by atoms with Gasteiger partial charge in [0.15, 0.2) is 0 Å². The fourth-order valence-electron chi connectivity index (χ4n) is 3.58. The number of pyridine rings is 1. The van der Waals surface area contributed by atoms with Crippen molar-refractivity contribution in [3.05, 3.63) is 58.5 Å². The zero-order valence-corrected chi connectivity index (χ0v) is 20.0. The van der Waals surface area contributed by atoms with Gasteiger partial charge < -0.3 is 10.1 Å². The van der Waals surface area contributed by atoms with E-state index in [0.717, 1.165) is 37.3 Å². The lowest BCUT2D eigenvalue weighted by Crippen LogP contribution is -2.21. The van der Waals surface area contributed by atoms with Crippen molar-refractivity contribution in [2.24, 2.45) is 0 Å². The average molecular weight is 526 g/mol. The van der Waals surface area contributed by atoms with Gasteiger partial charge in [0.2, 0.25) is 21.8 Å². The lowest BCUT2D eigenvalue weighted by molar-refractivity contribution is -0.141. The van der Waals surface area contributed by atoms with Crippen LogP contribution in [0.25, 0.3) is 6.08 Å². The van der Waals surface area contributed by atoms with E-state index in [2.05, 4.69) is 16.2 Å². The van der Waals surface area contributed by atoms with E-state index in [1.54, 1.807) is 0 Å². The highest BCUT2D eigenvalue weighted by molar-refractivity contribution is 7.92. The molecule has 36 heavy (non-hydrogen) atoms. The van der Waals surface area contributed by atoms with Gasteiger partial charge in [-0.1, -0.05) is 5.92 Å². The zero-order chi connectivity index (χ0) is 26.5. The first kappa shape index (κ1) is 27.0. The molecule has 1 saturated carbocycles. The minimum absolute atomic E-state index is 0.0512. The summed E-state index contributed by atoms with van der Waals surface area (Å²) in [5.41, 5.74) is -1.06. The first-order valence-corrected chi connectivity index (χ1v) is 12.7. The number of anilines is 1. The molecule has 0 spiro atoms. The second-order valence-electron chi connectivity index (χ2n) is 8.18. The largest absolute Gasteiger partial charge is 0.474 e. The highest BCUT2D eigenvalue weighted by Crippen LogP contribution is 2.32. The number of nitrogens with one attached hydrogen (secondary N) is 2. The third kappa shape index (κ3) is 7.45. The maximum atomic E-state index is 14.4. The molecule has 1 fully saturated rings. The van der Waals surface area contributed by atoms with E-state index in [4.69, 9.17) is 11.2 Å². The van der Waals surface area contributed by atoms with Gasteiger partial charge in [-0.25, -0.2) is 17.8 Å². The minimum Gasteiger partial charge on any atom is -0.474 e. The predicted octanol–water partition coefficient (Wildman–Crippen LogP) is 4.24.